The van der Waals surface area contributed by atoms with Crippen LogP contribution in [0.15, 0.2) is 59.7 Å². The lowest BCUT2D eigenvalue weighted by molar-refractivity contribution is 0.0389. The van der Waals surface area contributed by atoms with Gasteiger partial charge in [-0.05, 0) is 60.5 Å². The fourth-order valence-electron chi connectivity index (χ4n) is 3.12. The van der Waals surface area contributed by atoms with Crippen LogP contribution in [0.25, 0.3) is 0 Å². The Morgan fingerprint density at radius 2 is 1.87 bits per heavy atom. The van der Waals surface area contributed by atoms with E-state index in [1.807, 2.05) is 30.3 Å². The molecule has 3 rings (SSSR count). The van der Waals surface area contributed by atoms with Crippen LogP contribution >= 0.6 is 12.2 Å². The maximum Gasteiger partial charge on any atom is 0.187 e. The first-order valence-corrected chi connectivity index (χ1v) is 10.8. The zero-order valence-corrected chi connectivity index (χ0v) is 18.1. The summed E-state index contributed by atoms with van der Waals surface area (Å²) in [7, 11) is 0. The number of nitrogens with one attached hydrogen (secondary N) is 2. The van der Waals surface area contributed by atoms with Gasteiger partial charge in [0.05, 0.1) is 26.0 Å². The van der Waals surface area contributed by atoms with Crippen molar-refractivity contribution in [2.75, 3.05) is 46.0 Å². The summed E-state index contributed by atoms with van der Waals surface area (Å²) < 4.78 is 11.2. The fraction of sp³-hybridized carbons (Fsp3) is 0.391. The van der Waals surface area contributed by atoms with E-state index in [-0.39, 0.29) is 0 Å². The second-order valence-electron chi connectivity index (χ2n) is 7.09. The van der Waals surface area contributed by atoms with Gasteiger partial charge in [-0.2, -0.15) is 5.10 Å². The Morgan fingerprint density at radius 1 is 1.10 bits per heavy atom. The first-order valence-electron chi connectivity index (χ1n) is 10.4. The molecule has 1 saturated heterocycles. The van der Waals surface area contributed by atoms with E-state index >= 15 is 0 Å². The summed E-state index contributed by atoms with van der Waals surface area (Å²) in [5.41, 5.74) is 5.18. The van der Waals surface area contributed by atoms with Crippen LogP contribution in [0.1, 0.15) is 17.5 Å². The molecule has 6 nitrogen and oxygen atoms in total. The zero-order chi connectivity index (χ0) is 20.9. The highest BCUT2D eigenvalue weighted by atomic mass is 32.1. The van der Waals surface area contributed by atoms with E-state index in [1.54, 1.807) is 6.21 Å². The number of ether oxygens (including phenoxy) is 2. The number of rotatable bonds is 10. The summed E-state index contributed by atoms with van der Waals surface area (Å²) in [6.07, 6.45) is 3.76. The van der Waals surface area contributed by atoms with Crippen LogP contribution in [-0.4, -0.2) is 62.2 Å². The van der Waals surface area contributed by atoms with Gasteiger partial charge in [0, 0.05) is 26.2 Å². The maximum absolute atomic E-state index is 5.82. The van der Waals surface area contributed by atoms with E-state index in [4.69, 9.17) is 21.7 Å². The van der Waals surface area contributed by atoms with Crippen LogP contribution in [-0.2, 0) is 11.2 Å². The lowest BCUT2D eigenvalue weighted by Gasteiger charge is -2.26. The summed E-state index contributed by atoms with van der Waals surface area (Å²) in [5.74, 6) is 0.869. The molecule has 0 bridgehead atoms. The van der Waals surface area contributed by atoms with Crippen molar-refractivity contribution in [1.82, 2.24) is 15.6 Å². The number of hydrazone groups is 1. The molecule has 1 aliphatic heterocycles. The van der Waals surface area contributed by atoms with E-state index < -0.39 is 0 Å². The van der Waals surface area contributed by atoms with E-state index in [0.29, 0.717) is 11.7 Å². The van der Waals surface area contributed by atoms with Crippen molar-refractivity contribution < 1.29 is 9.47 Å². The third kappa shape index (κ3) is 8.49. The zero-order valence-electron chi connectivity index (χ0n) is 17.3. The van der Waals surface area contributed by atoms with Crippen LogP contribution in [0.3, 0.4) is 0 Å². The lowest BCUT2D eigenvalue weighted by atomic mass is 10.1. The van der Waals surface area contributed by atoms with Gasteiger partial charge in [0.2, 0.25) is 0 Å². The van der Waals surface area contributed by atoms with E-state index in [9.17, 15) is 0 Å². The summed E-state index contributed by atoms with van der Waals surface area (Å²) in [4.78, 5) is 2.35. The molecule has 2 N–H and O–H groups in total. The SMILES string of the molecule is S=C(NCCN1CCOCC1)N/N=C/c1ccc(OCCCc2ccccc2)cc1. The smallest absolute Gasteiger partial charge is 0.187 e. The van der Waals surface area contributed by atoms with Crippen molar-refractivity contribution in [3.05, 3.63) is 65.7 Å². The number of aryl methyl sites for hydroxylation is 1. The molecule has 160 valence electrons. The van der Waals surface area contributed by atoms with E-state index in [0.717, 1.165) is 63.5 Å². The van der Waals surface area contributed by atoms with Gasteiger partial charge < -0.3 is 14.8 Å². The normalized spacial score (nSPS) is 14.5. The molecule has 1 heterocycles. The van der Waals surface area contributed by atoms with Gasteiger partial charge in [-0.1, -0.05) is 30.3 Å². The molecule has 0 saturated carbocycles. The number of morpholine rings is 1. The van der Waals surface area contributed by atoms with Crippen molar-refractivity contribution in [2.45, 2.75) is 12.8 Å². The van der Waals surface area contributed by atoms with Gasteiger partial charge in [0.25, 0.3) is 0 Å². The minimum Gasteiger partial charge on any atom is -0.494 e. The van der Waals surface area contributed by atoms with Crippen LogP contribution in [0.4, 0.5) is 0 Å². The summed E-state index contributed by atoms with van der Waals surface area (Å²) >= 11 is 5.25. The predicted octanol–water partition coefficient (Wildman–Crippen LogP) is 2.83. The molecule has 0 amide bonds. The molecule has 1 aliphatic rings. The molecule has 0 radical (unpaired) electrons. The Labute approximate surface area is 184 Å². The topological polar surface area (TPSA) is 58.1 Å². The lowest BCUT2D eigenvalue weighted by Crippen LogP contribution is -2.42. The molecule has 30 heavy (non-hydrogen) atoms. The second-order valence-corrected chi connectivity index (χ2v) is 7.49. The molecular formula is C23H30N4O2S. The fourth-order valence-corrected chi connectivity index (χ4v) is 3.27. The van der Waals surface area contributed by atoms with E-state index in [2.05, 4.69) is 45.0 Å². The summed E-state index contributed by atoms with van der Waals surface area (Å²) in [5, 5.41) is 7.89. The minimum absolute atomic E-state index is 0.526. The molecule has 2 aromatic rings. The molecule has 0 aliphatic carbocycles. The van der Waals surface area contributed by atoms with E-state index in [1.165, 1.54) is 5.56 Å². The Bertz CT molecular complexity index is 778. The van der Waals surface area contributed by atoms with Gasteiger partial charge in [-0.15, -0.1) is 0 Å². The highest BCUT2D eigenvalue weighted by molar-refractivity contribution is 7.80. The third-order valence-electron chi connectivity index (χ3n) is 4.80. The first kappa shape index (κ1) is 22.2. The average Bonchev–Trinajstić information content (AvgIpc) is 2.79. The first-order chi connectivity index (χ1) is 14.8. The molecule has 0 unspecified atom stereocenters. The molecule has 0 spiro atoms. The van der Waals surface area contributed by atoms with Gasteiger partial charge in [-0.3, -0.25) is 10.3 Å². The second kappa shape index (κ2) is 13.0. The average molecular weight is 427 g/mol. The number of hydrogen-bond acceptors (Lipinski definition) is 5. The summed E-state index contributed by atoms with van der Waals surface area (Å²) in [6, 6.07) is 18.3. The van der Waals surface area contributed by atoms with Gasteiger partial charge in [0.1, 0.15) is 5.75 Å². The molecule has 0 atom stereocenters. The van der Waals surface area contributed by atoms with Crippen molar-refractivity contribution in [2.24, 2.45) is 5.10 Å². The Morgan fingerprint density at radius 3 is 2.63 bits per heavy atom. The molecule has 2 aromatic carbocycles. The summed E-state index contributed by atoms with van der Waals surface area (Å²) in [6.45, 7) is 6.02. The van der Waals surface area contributed by atoms with Crippen LogP contribution in [0.5, 0.6) is 5.75 Å². The monoisotopic (exact) mass is 426 g/mol. The van der Waals surface area contributed by atoms with Gasteiger partial charge in [-0.25, -0.2) is 0 Å². The largest absolute Gasteiger partial charge is 0.494 e. The maximum atomic E-state index is 5.82. The molecule has 7 heteroatoms. The molecule has 0 aromatic heterocycles. The minimum atomic E-state index is 0.526. The third-order valence-corrected chi connectivity index (χ3v) is 5.03. The van der Waals surface area contributed by atoms with Crippen LogP contribution in [0.2, 0.25) is 0 Å². The quantitative estimate of drug-likeness (QED) is 0.264. The number of hydrogen-bond donors (Lipinski definition) is 2. The number of nitrogens with zero attached hydrogens (tertiary/aromatic N) is 2. The van der Waals surface area contributed by atoms with Crippen LogP contribution in [0, 0.1) is 0 Å². The number of benzene rings is 2. The van der Waals surface area contributed by atoms with Gasteiger partial charge >= 0.3 is 0 Å². The van der Waals surface area contributed by atoms with Crippen molar-refractivity contribution in [1.29, 1.82) is 0 Å². The standard InChI is InChI=1S/C23H30N4O2S/c30-23(24-12-13-27-14-17-28-18-15-27)26-25-19-21-8-10-22(11-9-21)29-16-4-7-20-5-2-1-3-6-20/h1-3,5-6,8-11,19H,4,7,12-18H2,(H2,24,26,30)/b25-19+. The number of thiocarbonyl (C=S) groups is 1. The Hall–Kier alpha value is -2.48. The predicted molar refractivity (Wildman–Crippen MR) is 125 cm³/mol. The Kier molecular flexibility index (Phi) is 9.59. The highest BCUT2D eigenvalue weighted by Gasteiger charge is 2.09. The molecule has 1 fully saturated rings. The molecular weight excluding hydrogens is 396 g/mol. The van der Waals surface area contributed by atoms with Crippen molar-refractivity contribution >= 4 is 23.5 Å². The van der Waals surface area contributed by atoms with Crippen molar-refractivity contribution in [3.8, 4) is 5.75 Å². The van der Waals surface area contributed by atoms with Gasteiger partial charge in [0.15, 0.2) is 5.11 Å². The van der Waals surface area contributed by atoms with Crippen LogP contribution < -0.4 is 15.5 Å². The van der Waals surface area contributed by atoms with Crippen molar-refractivity contribution in [3.63, 3.8) is 0 Å². The Balaban J connectivity index is 1.28. The highest BCUT2D eigenvalue weighted by Crippen LogP contribution is 2.12.